The molecule has 4 rings (SSSR count). The number of nitrogens with one attached hydrogen (secondary N) is 1. The molecule has 1 aliphatic rings. The summed E-state index contributed by atoms with van der Waals surface area (Å²) >= 11 is 0. The Hall–Kier alpha value is -2.90. The molecule has 0 bridgehead atoms. The molecule has 3 aromatic heterocycles. The molecule has 1 atom stereocenters. The first-order chi connectivity index (χ1) is 11.2. The molecule has 0 saturated carbocycles. The van der Waals surface area contributed by atoms with Crippen LogP contribution in [0.4, 0.5) is 5.82 Å². The van der Waals surface area contributed by atoms with Crippen LogP contribution in [-0.4, -0.2) is 44.4 Å². The number of imidazole rings is 1. The minimum absolute atomic E-state index is 0.0523. The van der Waals surface area contributed by atoms with Crippen LogP contribution in [0.25, 0.3) is 5.65 Å². The lowest BCUT2D eigenvalue weighted by Gasteiger charge is -2.18. The number of amides is 1. The monoisotopic (exact) mass is 312 g/mol. The van der Waals surface area contributed by atoms with E-state index in [0.717, 1.165) is 24.4 Å². The van der Waals surface area contributed by atoms with Crippen molar-refractivity contribution in [1.29, 1.82) is 0 Å². The highest BCUT2D eigenvalue weighted by Gasteiger charge is 2.27. The molecule has 118 valence electrons. The molecule has 0 aliphatic carbocycles. The van der Waals surface area contributed by atoms with Gasteiger partial charge in [-0.15, -0.1) is 0 Å². The highest BCUT2D eigenvalue weighted by atomic mass is 16.3. The molecule has 0 radical (unpaired) electrons. The van der Waals surface area contributed by atoms with Crippen molar-refractivity contribution in [3.05, 3.63) is 42.6 Å². The number of carbonyl (C=O) groups excluding carboxylic acids is 1. The first-order valence-electron chi connectivity index (χ1n) is 7.46. The Kier molecular flexibility index (Phi) is 3.22. The van der Waals surface area contributed by atoms with Gasteiger partial charge in [-0.2, -0.15) is 0 Å². The fourth-order valence-electron chi connectivity index (χ4n) is 2.86. The molecule has 1 saturated heterocycles. The summed E-state index contributed by atoms with van der Waals surface area (Å²) in [6.45, 7) is 3.23. The van der Waals surface area contributed by atoms with Crippen molar-refractivity contribution in [3.8, 4) is 0 Å². The second-order valence-electron chi connectivity index (χ2n) is 5.57. The number of nitrogens with zero attached hydrogens (tertiary/aromatic N) is 5. The van der Waals surface area contributed by atoms with Gasteiger partial charge in [0.2, 0.25) is 0 Å². The molecule has 3 aromatic rings. The maximum atomic E-state index is 12.1. The standard InChI is InChI=1S/C15H16N6O2/c1-10-18-12(9-23-10)15(22)19-11-2-5-21(8-11)14-13-16-3-6-20(13)7-4-17-14/h3-4,6-7,9,11H,2,5,8H2,1H3,(H,19,22). The molecular formula is C15H16N6O2. The van der Waals surface area contributed by atoms with E-state index in [4.69, 9.17) is 4.42 Å². The van der Waals surface area contributed by atoms with Crippen LogP contribution in [0, 0.1) is 6.92 Å². The van der Waals surface area contributed by atoms with E-state index in [-0.39, 0.29) is 11.9 Å². The molecule has 1 N–H and O–H groups in total. The molecule has 1 aliphatic heterocycles. The van der Waals surface area contributed by atoms with Crippen molar-refractivity contribution >= 4 is 17.4 Å². The minimum atomic E-state index is -0.208. The number of carbonyl (C=O) groups is 1. The number of fused-ring (bicyclic) bond motifs is 1. The molecule has 1 unspecified atom stereocenters. The SMILES string of the molecule is Cc1nc(C(=O)NC2CCN(c3nccn4ccnc34)C2)co1. The van der Waals surface area contributed by atoms with E-state index in [1.807, 2.05) is 16.8 Å². The molecule has 8 heteroatoms. The van der Waals surface area contributed by atoms with Crippen LogP contribution in [0.15, 0.2) is 35.5 Å². The summed E-state index contributed by atoms with van der Waals surface area (Å²) in [5.74, 6) is 1.12. The second kappa shape index (κ2) is 5.38. The molecule has 1 amide bonds. The highest BCUT2D eigenvalue weighted by molar-refractivity contribution is 5.92. The van der Waals surface area contributed by atoms with Gasteiger partial charge in [0, 0.05) is 50.8 Å². The van der Waals surface area contributed by atoms with Gasteiger partial charge in [0.15, 0.2) is 23.0 Å². The average molecular weight is 312 g/mol. The Morgan fingerprint density at radius 2 is 2.17 bits per heavy atom. The summed E-state index contributed by atoms with van der Waals surface area (Å²) in [5, 5.41) is 2.99. The predicted molar refractivity (Wildman–Crippen MR) is 82.3 cm³/mol. The normalized spacial score (nSPS) is 17.8. The fourth-order valence-corrected chi connectivity index (χ4v) is 2.86. The van der Waals surface area contributed by atoms with Crippen molar-refractivity contribution in [3.63, 3.8) is 0 Å². The lowest BCUT2D eigenvalue weighted by atomic mass is 10.2. The first-order valence-corrected chi connectivity index (χ1v) is 7.46. The zero-order valence-corrected chi connectivity index (χ0v) is 12.6. The summed E-state index contributed by atoms with van der Waals surface area (Å²) in [5.41, 5.74) is 1.14. The zero-order valence-electron chi connectivity index (χ0n) is 12.6. The Morgan fingerprint density at radius 1 is 1.35 bits per heavy atom. The maximum Gasteiger partial charge on any atom is 0.273 e. The van der Waals surface area contributed by atoms with Gasteiger partial charge < -0.3 is 19.0 Å². The summed E-state index contributed by atoms with van der Waals surface area (Å²) in [6.07, 6.45) is 9.50. The van der Waals surface area contributed by atoms with E-state index in [1.165, 1.54) is 6.26 Å². The number of hydrogen-bond acceptors (Lipinski definition) is 6. The van der Waals surface area contributed by atoms with E-state index in [0.29, 0.717) is 18.1 Å². The van der Waals surface area contributed by atoms with Crippen LogP contribution in [0.2, 0.25) is 0 Å². The van der Waals surface area contributed by atoms with Crippen LogP contribution in [0.1, 0.15) is 22.8 Å². The Balaban J connectivity index is 1.47. The topological polar surface area (TPSA) is 88.6 Å². The van der Waals surface area contributed by atoms with Crippen LogP contribution in [0.3, 0.4) is 0 Å². The maximum absolute atomic E-state index is 12.1. The number of aryl methyl sites for hydroxylation is 1. The van der Waals surface area contributed by atoms with E-state index in [9.17, 15) is 4.79 Å². The van der Waals surface area contributed by atoms with Gasteiger partial charge in [-0.05, 0) is 6.42 Å². The van der Waals surface area contributed by atoms with E-state index in [1.54, 1.807) is 19.3 Å². The van der Waals surface area contributed by atoms with Gasteiger partial charge in [-0.3, -0.25) is 4.79 Å². The number of hydrogen-bond donors (Lipinski definition) is 1. The Bertz CT molecular complexity index is 854. The van der Waals surface area contributed by atoms with Crippen LogP contribution < -0.4 is 10.2 Å². The van der Waals surface area contributed by atoms with Crippen LogP contribution >= 0.6 is 0 Å². The molecule has 4 heterocycles. The lowest BCUT2D eigenvalue weighted by molar-refractivity contribution is 0.0935. The summed E-state index contributed by atoms with van der Waals surface area (Å²) < 4.78 is 7.01. The third-order valence-corrected chi connectivity index (χ3v) is 3.97. The minimum Gasteiger partial charge on any atom is -0.448 e. The van der Waals surface area contributed by atoms with Crippen molar-refractivity contribution in [2.75, 3.05) is 18.0 Å². The van der Waals surface area contributed by atoms with Gasteiger partial charge in [0.05, 0.1) is 0 Å². The first kappa shape index (κ1) is 13.7. The fraction of sp³-hybridized carbons (Fsp3) is 0.333. The van der Waals surface area contributed by atoms with Crippen LogP contribution in [0.5, 0.6) is 0 Å². The van der Waals surface area contributed by atoms with E-state index < -0.39 is 0 Å². The number of aromatic nitrogens is 4. The second-order valence-corrected chi connectivity index (χ2v) is 5.57. The Morgan fingerprint density at radius 3 is 2.96 bits per heavy atom. The lowest BCUT2D eigenvalue weighted by Crippen LogP contribution is -2.37. The zero-order chi connectivity index (χ0) is 15.8. The molecule has 0 aromatic carbocycles. The van der Waals surface area contributed by atoms with Gasteiger partial charge >= 0.3 is 0 Å². The third-order valence-electron chi connectivity index (χ3n) is 3.97. The molecule has 8 nitrogen and oxygen atoms in total. The van der Waals surface area contributed by atoms with Crippen LogP contribution in [-0.2, 0) is 0 Å². The van der Waals surface area contributed by atoms with Gasteiger partial charge in [-0.25, -0.2) is 15.0 Å². The van der Waals surface area contributed by atoms with Gasteiger partial charge in [0.25, 0.3) is 5.91 Å². The van der Waals surface area contributed by atoms with Gasteiger partial charge in [0.1, 0.15) is 6.26 Å². The Labute approximate surface area is 132 Å². The van der Waals surface area contributed by atoms with Crippen molar-refractivity contribution in [2.45, 2.75) is 19.4 Å². The summed E-state index contributed by atoms with van der Waals surface area (Å²) in [4.78, 5) is 27.1. The largest absolute Gasteiger partial charge is 0.448 e. The van der Waals surface area contributed by atoms with E-state index >= 15 is 0 Å². The number of anilines is 1. The quantitative estimate of drug-likeness (QED) is 0.777. The van der Waals surface area contributed by atoms with E-state index in [2.05, 4.69) is 25.2 Å². The number of oxazole rings is 1. The molecule has 0 spiro atoms. The summed E-state index contributed by atoms with van der Waals surface area (Å²) in [7, 11) is 0. The van der Waals surface area contributed by atoms with Crippen molar-refractivity contribution < 1.29 is 9.21 Å². The molecule has 1 fully saturated rings. The smallest absolute Gasteiger partial charge is 0.273 e. The highest BCUT2D eigenvalue weighted by Crippen LogP contribution is 2.22. The predicted octanol–water partition coefficient (Wildman–Crippen LogP) is 1.03. The number of rotatable bonds is 3. The van der Waals surface area contributed by atoms with Crippen molar-refractivity contribution in [2.24, 2.45) is 0 Å². The van der Waals surface area contributed by atoms with Crippen molar-refractivity contribution in [1.82, 2.24) is 24.7 Å². The summed E-state index contributed by atoms with van der Waals surface area (Å²) in [6, 6.07) is 0.0523. The third kappa shape index (κ3) is 2.52. The van der Waals surface area contributed by atoms with Gasteiger partial charge in [-0.1, -0.05) is 0 Å². The molecular weight excluding hydrogens is 296 g/mol. The average Bonchev–Trinajstić information content (AvgIpc) is 3.26. The molecule has 23 heavy (non-hydrogen) atoms.